The van der Waals surface area contributed by atoms with Crippen molar-refractivity contribution in [3.63, 3.8) is 0 Å². The first-order chi connectivity index (χ1) is 26.5. The van der Waals surface area contributed by atoms with Crippen molar-refractivity contribution in [1.82, 2.24) is 24.8 Å². The zero-order valence-electron chi connectivity index (χ0n) is 31.9. The normalized spacial score (nSPS) is 19.4. The Morgan fingerprint density at radius 2 is 1.31 bits per heavy atom. The lowest BCUT2D eigenvalue weighted by atomic mass is 9.81. The van der Waals surface area contributed by atoms with Gasteiger partial charge in [0, 0.05) is 126 Å². The van der Waals surface area contributed by atoms with E-state index in [0.29, 0.717) is 12.0 Å². The van der Waals surface area contributed by atoms with Crippen molar-refractivity contribution in [2.45, 2.75) is 37.6 Å². The van der Waals surface area contributed by atoms with E-state index in [0.717, 1.165) is 80.5 Å². The van der Waals surface area contributed by atoms with Gasteiger partial charge in [0.05, 0.1) is 29.0 Å². The van der Waals surface area contributed by atoms with E-state index >= 15 is 0 Å². The quantitative estimate of drug-likeness (QED) is 0.150. The number of benzene rings is 3. The van der Waals surface area contributed by atoms with Crippen LogP contribution in [0.15, 0.2) is 85.3 Å². The average molecular weight is 721 g/mol. The second kappa shape index (κ2) is 15.9. The topological polar surface area (TPSA) is 80.9 Å². The smallest absolute Gasteiger partial charge is 0.187 e. The molecule has 10 heteroatoms. The summed E-state index contributed by atoms with van der Waals surface area (Å²) in [5, 5.41) is 13.6. The maximum Gasteiger partial charge on any atom is 0.187 e. The third-order valence-electron chi connectivity index (χ3n) is 11.8. The Hall–Kier alpha value is -5.37. The molecule has 2 aliphatic heterocycles. The monoisotopic (exact) mass is 720 g/mol. The van der Waals surface area contributed by atoms with Gasteiger partial charge in [-0.2, -0.15) is 0 Å². The van der Waals surface area contributed by atoms with E-state index in [-0.39, 0.29) is 0 Å². The van der Waals surface area contributed by atoms with E-state index in [2.05, 4.69) is 107 Å². The lowest BCUT2D eigenvalue weighted by molar-refractivity contribution is 0.141. The fourth-order valence-corrected chi connectivity index (χ4v) is 8.91. The van der Waals surface area contributed by atoms with Crippen molar-refractivity contribution < 1.29 is 0 Å². The van der Waals surface area contributed by atoms with Gasteiger partial charge in [0.15, 0.2) is 5.69 Å². The molecule has 2 saturated heterocycles. The molecule has 3 fully saturated rings. The third kappa shape index (κ3) is 7.26. The van der Waals surface area contributed by atoms with Gasteiger partial charge in [0.2, 0.25) is 0 Å². The number of hydrogen-bond donors (Lipinski definition) is 3. The van der Waals surface area contributed by atoms with Gasteiger partial charge in [-0.25, -0.2) is 4.85 Å². The number of nitrogens with zero attached hydrogens (tertiary/aromatic N) is 7. The minimum absolute atomic E-state index is 0.592. The summed E-state index contributed by atoms with van der Waals surface area (Å²) >= 11 is 0. The van der Waals surface area contributed by atoms with Gasteiger partial charge in [0.1, 0.15) is 0 Å². The van der Waals surface area contributed by atoms with E-state index in [9.17, 15) is 0 Å². The highest BCUT2D eigenvalue weighted by atomic mass is 15.3. The standard InChI is InChI=1S/C30H34N6.C14H18N4/c1-31-23-8-11-28-26(18-23)27(20-34(28)3)21-6-9-25(10-7-21)35-13-15-36(16-14-35)29-19-24(32-2)17-22-5-4-12-33-30(22)29;1-15-12-9-11-3-2-4-17-14(11)13(10-12)18-7-5-16-6-8-18/h4-5,8,11-12,17-21,25,32H,6-7,9-10,13-16H2,2-3H3;2-4,9-10,15-16H,5-8H2,1H3. The van der Waals surface area contributed by atoms with E-state index in [4.69, 9.17) is 11.6 Å². The Morgan fingerprint density at radius 1 is 0.722 bits per heavy atom. The van der Waals surface area contributed by atoms with Crippen molar-refractivity contribution >= 4 is 61.1 Å². The lowest BCUT2D eigenvalue weighted by Crippen LogP contribution is -2.51. The fraction of sp³-hybridized carbons (Fsp3) is 0.386. The van der Waals surface area contributed by atoms with Crippen LogP contribution in [0, 0.1) is 6.57 Å². The Bertz CT molecular complexity index is 2270. The molecule has 3 aromatic heterocycles. The predicted octanol–water partition coefficient (Wildman–Crippen LogP) is 7.85. The summed E-state index contributed by atoms with van der Waals surface area (Å²) in [5.41, 5.74) is 10.4. The molecule has 0 amide bonds. The summed E-state index contributed by atoms with van der Waals surface area (Å²) < 4.78 is 2.23. The highest BCUT2D eigenvalue weighted by Crippen LogP contribution is 2.40. The molecule has 5 heterocycles. The van der Waals surface area contributed by atoms with Gasteiger partial charge in [0.25, 0.3) is 0 Å². The Morgan fingerprint density at radius 3 is 1.89 bits per heavy atom. The van der Waals surface area contributed by atoms with E-state index in [1.807, 2.05) is 44.7 Å². The molecule has 0 radical (unpaired) electrons. The molecule has 6 aromatic rings. The number of aromatic nitrogens is 3. The molecule has 1 aliphatic carbocycles. The predicted molar refractivity (Wildman–Crippen MR) is 226 cm³/mol. The molecule has 3 aliphatic rings. The molecule has 0 bridgehead atoms. The van der Waals surface area contributed by atoms with E-state index in [1.54, 1.807) is 0 Å². The average Bonchev–Trinajstić information content (AvgIpc) is 3.58. The van der Waals surface area contributed by atoms with Gasteiger partial charge < -0.3 is 30.3 Å². The van der Waals surface area contributed by atoms with Crippen molar-refractivity contribution in [2.24, 2.45) is 7.05 Å². The molecule has 1 saturated carbocycles. The number of anilines is 4. The zero-order valence-corrected chi connectivity index (χ0v) is 31.9. The summed E-state index contributed by atoms with van der Waals surface area (Å²) in [4.78, 5) is 20.6. The van der Waals surface area contributed by atoms with Crippen LogP contribution < -0.4 is 25.8 Å². The van der Waals surface area contributed by atoms with Crippen LogP contribution in [0.4, 0.5) is 28.4 Å². The number of pyridine rings is 2. The minimum atomic E-state index is 0.592. The Labute approximate surface area is 319 Å². The summed E-state index contributed by atoms with van der Waals surface area (Å²) in [6.45, 7) is 15.9. The lowest BCUT2D eigenvalue weighted by Gasteiger charge is -2.43. The molecule has 0 atom stereocenters. The molecular weight excluding hydrogens is 669 g/mol. The maximum absolute atomic E-state index is 7.41. The van der Waals surface area contributed by atoms with Crippen LogP contribution in [0.5, 0.6) is 0 Å². The first-order valence-electron chi connectivity index (χ1n) is 19.6. The molecule has 3 aromatic carbocycles. The molecule has 10 nitrogen and oxygen atoms in total. The van der Waals surface area contributed by atoms with Crippen LogP contribution in [0.25, 0.3) is 37.6 Å². The van der Waals surface area contributed by atoms with Crippen LogP contribution in [0.2, 0.25) is 0 Å². The number of aryl methyl sites for hydroxylation is 1. The first-order valence-corrected chi connectivity index (χ1v) is 19.6. The number of nitrogens with one attached hydrogen (secondary N) is 3. The van der Waals surface area contributed by atoms with Crippen LogP contribution in [-0.2, 0) is 7.05 Å². The number of rotatable bonds is 6. The zero-order chi connectivity index (χ0) is 37.0. The van der Waals surface area contributed by atoms with Crippen molar-refractivity contribution in [2.75, 3.05) is 86.9 Å². The molecule has 0 unspecified atom stereocenters. The van der Waals surface area contributed by atoms with Crippen LogP contribution in [0.3, 0.4) is 0 Å². The molecule has 9 rings (SSSR count). The summed E-state index contributed by atoms with van der Waals surface area (Å²) in [7, 11) is 6.07. The second-order valence-corrected chi connectivity index (χ2v) is 14.9. The van der Waals surface area contributed by atoms with Gasteiger partial charge >= 0.3 is 0 Å². The largest absolute Gasteiger partial charge is 0.388 e. The number of fused-ring (bicyclic) bond motifs is 3. The SMILES string of the molecule is CNc1cc(N2CCNCC2)c2ncccc2c1.[C-]#[N+]c1ccc2c(c1)c(C1CCC(N3CCN(c4cc(NC)cc5cccnc45)CC3)CC1)cn2C. The van der Waals surface area contributed by atoms with Crippen molar-refractivity contribution in [3.05, 3.63) is 102 Å². The number of piperazine rings is 2. The summed E-state index contributed by atoms with van der Waals surface area (Å²) in [6, 6.07) is 23.8. The Kier molecular flexibility index (Phi) is 10.5. The molecule has 54 heavy (non-hydrogen) atoms. The van der Waals surface area contributed by atoms with Gasteiger partial charge in [-0.3, -0.25) is 14.9 Å². The van der Waals surface area contributed by atoms with E-state index < -0.39 is 0 Å². The van der Waals surface area contributed by atoms with E-state index in [1.165, 1.54) is 64.3 Å². The van der Waals surface area contributed by atoms with Crippen molar-refractivity contribution in [3.8, 4) is 0 Å². The maximum atomic E-state index is 7.41. The van der Waals surface area contributed by atoms with Gasteiger partial charge in [-0.15, -0.1) is 0 Å². The summed E-state index contributed by atoms with van der Waals surface area (Å²) in [6.07, 6.45) is 11.0. The van der Waals surface area contributed by atoms with Crippen molar-refractivity contribution in [1.29, 1.82) is 0 Å². The second-order valence-electron chi connectivity index (χ2n) is 14.9. The highest BCUT2D eigenvalue weighted by Gasteiger charge is 2.30. The molecule has 278 valence electrons. The highest BCUT2D eigenvalue weighted by molar-refractivity contribution is 5.95. The Balaban J connectivity index is 0.000000192. The number of hydrogen-bond acceptors (Lipinski definition) is 8. The van der Waals surface area contributed by atoms with Gasteiger partial charge in [-0.05, 0) is 91.1 Å². The third-order valence-corrected chi connectivity index (χ3v) is 11.8. The fourth-order valence-electron chi connectivity index (χ4n) is 8.91. The van der Waals surface area contributed by atoms with Crippen LogP contribution in [0.1, 0.15) is 37.2 Å². The van der Waals surface area contributed by atoms with Gasteiger partial charge in [-0.1, -0.05) is 18.2 Å². The summed E-state index contributed by atoms with van der Waals surface area (Å²) in [5.74, 6) is 0.592. The van der Waals surface area contributed by atoms with Crippen LogP contribution >= 0.6 is 0 Å². The minimum Gasteiger partial charge on any atom is -0.388 e. The van der Waals surface area contributed by atoms with Crippen LogP contribution in [-0.4, -0.2) is 91.9 Å². The molecular formula is C44H52N10. The first kappa shape index (κ1) is 35.6. The molecule has 3 N–H and O–H groups in total. The molecule has 0 spiro atoms.